The summed E-state index contributed by atoms with van der Waals surface area (Å²) >= 11 is 0. The Bertz CT molecular complexity index is 1050. The summed E-state index contributed by atoms with van der Waals surface area (Å²) in [5.74, 6) is -1.02. The lowest BCUT2D eigenvalue weighted by Gasteiger charge is -2.18. The number of carbonyl (C=O) groups excluding carboxylic acids is 3. The van der Waals surface area contributed by atoms with Gasteiger partial charge in [-0.15, -0.1) is 0 Å². The minimum absolute atomic E-state index is 0.00675. The average Bonchev–Trinajstić information content (AvgIpc) is 3.33. The summed E-state index contributed by atoms with van der Waals surface area (Å²) in [6.07, 6.45) is 22.8. The van der Waals surface area contributed by atoms with E-state index < -0.39 is 44.7 Å². The first-order valence-electron chi connectivity index (χ1n) is 19.6. The van der Waals surface area contributed by atoms with E-state index in [1.54, 1.807) is 12.2 Å². The molecule has 1 aliphatic carbocycles. The Kier molecular flexibility index (Phi) is 26.4. The van der Waals surface area contributed by atoms with Crippen LogP contribution in [-0.2, 0) is 32.9 Å². The van der Waals surface area contributed by atoms with Gasteiger partial charge < -0.3 is 29.5 Å². The Morgan fingerprint density at radius 1 is 0.843 bits per heavy atom. The summed E-state index contributed by atoms with van der Waals surface area (Å²) < 4.78 is 26.3. The van der Waals surface area contributed by atoms with Gasteiger partial charge in [0.05, 0.1) is 18.8 Å². The van der Waals surface area contributed by atoms with E-state index >= 15 is 0 Å². The second kappa shape index (κ2) is 28.6. The predicted octanol–water partition coefficient (Wildman–Crippen LogP) is 8.07. The molecule has 0 aromatic carbocycles. The quantitative estimate of drug-likeness (QED) is 0.0234. The maximum atomic E-state index is 12.5. The summed E-state index contributed by atoms with van der Waals surface area (Å²) in [5, 5.41) is 20.6. The number of phosphoric acid groups is 1. The molecule has 12 heteroatoms. The molecule has 0 heterocycles. The zero-order valence-electron chi connectivity index (χ0n) is 31.6. The molecule has 1 saturated carbocycles. The standard InChI is InChI=1S/C39H69O11P/c1-4-5-16-22-32(40)26-27-35-34(36(41)28-37(35)42)23-18-14-15-19-24-38(43)48-29-33(30-49-51(45,46)47)50-39(44)25-20-13-11-9-7-6-8-10-12-17-21-31(2)3/h14,18,26-27,31-35,37,40,42H,4-13,15-17,19-25,28-30H2,1-3H3,(H2,45,46,47)/b18-14-,27-26+/t32-,33+,34+,35+,37+/m0/s1. The van der Waals surface area contributed by atoms with Gasteiger partial charge in [-0.1, -0.05) is 129 Å². The second-order valence-electron chi connectivity index (χ2n) is 14.5. The minimum atomic E-state index is -4.81. The van der Waals surface area contributed by atoms with Crippen molar-refractivity contribution in [2.75, 3.05) is 13.2 Å². The molecule has 1 aliphatic rings. The number of aliphatic hydroxyl groups is 2. The molecule has 1 rings (SSSR count). The topological polar surface area (TPSA) is 177 Å². The predicted molar refractivity (Wildman–Crippen MR) is 199 cm³/mol. The summed E-state index contributed by atoms with van der Waals surface area (Å²) in [6, 6.07) is 0. The molecule has 0 aromatic rings. The molecule has 1 fully saturated rings. The highest BCUT2D eigenvalue weighted by Gasteiger charge is 2.39. The fourth-order valence-corrected chi connectivity index (χ4v) is 6.60. The highest BCUT2D eigenvalue weighted by molar-refractivity contribution is 7.46. The molecule has 0 radical (unpaired) electrons. The van der Waals surface area contributed by atoms with Crippen molar-refractivity contribution in [3.8, 4) is 0 Å². The lowest BCUT2D eigenvalue weighted by molar-refractivity contribution is -0.161. The van der Waals surface area contributed by atoms with Crippen LogP contribution >= 0.6 is 7.82 Å². The maximum Gasteiger partial charge on any atom is 0.469 e. The van der Waals surface area contributed by atoms with E-state index in [1.165, 1.54) is 44.9 Å². The normalized spacial score (nSPS) is 19.4. The van der Waals surface area contributed by atoms with Crippen molar-refractivity contribution in [2.24, 2.45) is 17.8 Å². The van der Waals surface area contributed by atoms with Gasteiger partial charge in [0.1, 0.15) is 12.4 Å². The molecule has 0 bridgehead atoms. The third-order valence-electron chi connectivity index (χ3n) is 9.27. The third kappa shape index (κ3) is 25.7. The fraction of sp³-hybridized carbons (Fsp3) is 0.821. The molecule has 0 unspecified atom stereocenters. The molecule has 0 aliphatic heterocycles. The number of hydrogen-bond donors (Lipinski definition) is 4. The Morgan fingerprint density at radius 2 is 1.45 bits per heavy atom. The monoisotopic (exact) mass is 744 g/mol. The zero-order valence-corrected chi connectivity index (χ0v) is 32.5. The zero-order chi connectivity index (χ0) is 37.9. The number of ketones is 1. The summed E-state index contributed by atoms with van der Waals surface area (Å²) in [5.41, 5.74) is 0. The Hall–Kier alpha value is -1.88. The summed E-state index contributed by atoms with van der Waals surface area (Å²) in [6.45, 7) is 5.63. The Morgan fingerprint density at radius 3 is 2.08 bits per heavy atom. The number of aliphatic hydroxyl groups excluding tert-OH is 2. The van der Waals surface area contributed by atoms with E-state index in [0.717, 1.165) is 44.4 Å². The minimum Gasteiger partial charge on any atom is -0.462 e. The Balaban J connectivity index is 2.33. The first-order chi connectivity index (χ1) is 24.3. The first-order valence-corrected chi connectivity index (χ1v) is 21.1. The van der Waals surface area contributed by atoms with E-state index in [1.807, 2.05) is 12.2 Å². The smallest absolute Gasteiger partial charge is 0.462 e. The molecule has 0 spiro atoms. The summed E-state index contributed by atoms with van der Waals surface area (Å²) in [7, 11) is -4.81. The van der Waals surface area contributed by atoms with E-state index in [2.05, 4.69) is 25.3 Å². The van der Waals surface area contributed by atoms with Gasteiger partial charge in [0, 0.05) is 31.1 Å². The summed E-state index contributed by atoms with van der Waals surface area (Å²) in [4.78, 5) is 55.4. The number of carbonyl (C=O) groups is 3. The number of rotatable bonds is 31. The molecule has 5 atom stereocenters. The van der Waals surface area contributed by atoms with Crippen molar-refractivity contribution in [1.29, 1.82) is 0 Å². The lowest BCUT2D eigenvalue weighted by atomic mass is 9.90. The van der Waals surface area contributed by atoms with Gasteiger partial charge in [0.25, 0.3) is 0 Å². The fourth-order valence-electron chi connectivity index (χ4n) is 6.24. The van der Waals surface area contributed by atoms with E-state index in [4.69, 9.17) is 19.3 Å². The van der Waals surface area contributed by atoms with E-state index in [9.17, 15) is 29.2 Å². The molecule has 296 valence electrons. The molecule has 11 nitrogen and oxygen atoms in total. The number of hydrogen-bond acceptors (Lipinski definition) is 9. The van der Waals surface area contributed by atoms with Gasteiger partial charge >= 0.3 is 19.8 Å². The SMILES string of the molecule is CCCCC[C@H](O)/C=C/[C@H]1[C@H](O)CC(=O)[C@@H]1C/C=C\CCCC(=O)OC[C@H](COP(=O)(O)O)OC(=O)CCCCCCCCCCCCC(C)C. The molecular weight excluding hydrogens is 675 g/mol. The largest absolute Gasteiger partial charge is 0.469 e. The second-order valence-corrected chi connectivity index (χ2v) is 15.8. The van der Waals surface area contributed by atoms with Crippen molar-refractivity contribution < 1.29 is 52.9 Å². The van der Waals surface area contributed by atoms with Gasteiger partial charge in [-0.25, -0.2) is 4.57 Å². The molecule has 0 saturated heterocycles. The van der Waals surface area contributed by atoms with Crippen LogP contribution in [0.1, 0.15) is 156 Å². The van der Waals surface area contributed by atoms with Gasteiger partial charge in [0.15, 0.2) is 6.10 Å². The van der Waals surface area contributed by atoms with Crippen molar-refractivity contribution in [2.45, 2.75) is 174 Å². The number of esters is 2. The highest BCUT2D eigenvalue weighted by Crippen LogP contribution is 2.36. The van der Waals surface area contributed by atoms with Gasteiger partial charge in [-0.2, -0.15) is 0 Å². The number of allylic oxidation sites excluding steroid dienone is 2. The number of ether oxygens (including phenoxy) is 2. The van der Waals surface area contributed by atoms with Crippen LogP contribution in [0.2, 0.25) is 0 Å². The number of Topliss-reactive ketones (excluding diaryl/α,β-unsaturated/α-hetero) is 1. The van der Waals surface area contributed by atoms with Crippen molar-refractivity contribution in [3.63, 3.8) is 0 Å². The molecule has 0 amide bonds. The van der Waals surface area contributed by atoms with Crippen molar-refractivity contribution in [1.82, 2.24) is 0 Å². The van der Waals surface area contributed by atoms with E-state index in [0.29, 0.717) is 32.1 Å². The number of unbranched alkanes of at least 4 members (excludes halogenated alkanes) is 12. The average molecular weight is 745 g/mol. The van der Waals surface area contributed by atoms with Crippen LogP contribution in [0.4, 0.5) is 0 Å². The van der Waals surface area contributed by atoms with Gasteiger partial charge in [-0.3, -0.25) is 18.9 Å². The van der Waals surface area contributed by atoms with Crippen molar-refractivity contribution in [3.05, 3.63) is 24.3 Å². The highest BCUT2D eigenvalue weighted by atomic mass is 31.2. The first kappa shape index (κ1) is 47.1. The van der Waals surface area contributed by atoms with Crippen LogP contribution in [0.3, 0.4) is 0 Å². The Labute approximate surface area is 307 Å². The molecule has 51 heavy (non-hydrogen) atoms. The van der Waals surface area contributed by atoms with Crippen LogP contribution in [0, 0.1) is 17.8 Å². The molecular formula is C39H69O11P. The van der Waals surface area contributed by atoms with Gasteiger partial charge in [-0.05, 0) is 38.0 Å². The lowest BCUT2D eigenvalue weighted by Crippen LogP contribution is -2.29. The van der Waals surface area contributed by atoms with Crippen molar-refractivity contribution >= 4 is 25.5 Å². The van der Waals surface area contributed by atoms with E-state index in [-0.39, 0.29) is 43.5 Å². The van der Waals surface area contributed by atoms with Crippen LogP contribution in [-0.4, -0.2) is 69.2 Å². The molecule has 4 N–H and O–H groups in total. The third-order valence-corrected chi connectivity index (χ3v) is 9.75. The maximum absolute atomic E-state index is 12.5. The van der Waals surface area contributed by atoms with Crippen LogP contribution in [0.5, 0.6) is 0 Å². The van der Waals surface area contributed by atoms with Crippen LogP contribution in [0.25, 0.3) is 0 Å². The van der Waals surface area contributed by atoms with Gasteiger partial charge in [0.2, 0.25) is 0 Å². The van der Waals surface area contributed by atoms with Crippen LogP contribution < -0.4 is 0 Å². The van der Waals surface area contributed by atoms with Crippen LogP contribution in [0.15, 0.2) is 24.3 Å². The molecule has 0 aromatic heterocycles. The number of phosphoric ester groups is 1.